The van der Waals surface area contributed by atoms with Gasteiger partial charge in [0.2, 0.25) is 0 Å². The van der Waals surface area contributed by atoms with E-state index >= 15 is 0 Å². The van der Waals surface area contributed by atoms with E-state index in [4.69, 9.17) is 9.73 Å². The number of carbonyl (C=O) groups is 3. The number of fused-ring (bicyclic) bond motifs is 1. The third-order valence-electron chi connectivity index (χ3n) is 5.62. The molecule has 1 aromatic rings. The Balaban J connectivity index is 1.57. The maximum absolute atomic E-state index is 12.7. The first-order valence-electron chi connectivity index (χ1n) is 10.1. The van der Waals surface area contributed by atoms with Crippen molar-refractivity contribution >= 4 is 24.0 Å². The van der Waals surface area contributed by atoms with E-state index in [1.165, 1.54) is 4.90 Å². The number of aliphatic imine (C=N–C) groups is 1. The Kier molecular flexibility index (Phi) is 5.47. The van der Waals surface area contributed by atoms with Gasteiger partial charge in [0.05, 0.1) is 6.61 Å². The van der Waals surface area contributed by atoms with Crippen molar-refractivity contribution in [2.24, 2.45) is 4.99 Å². The molecule has 2 unspecified atom stereocenters. The molecule has 2 fully saturated rings. The second-order valence-corrected chi connectivity index (χ2v) is 7.48. The first-order chi connectivity index (χ1) is 14.5. The van der Waals surface area contributed by atoms with E-state index in [1.807, 2.05) is 35.2 Å². The zero-order valence-electron chi connectivity index (χ0n) is 17.2. The predicted molar refractivity (Wildman–Crippen MR) is 108 cm³/mol. The van der Waals surface area contributed by atoms with E-state index in [9.17, 15) is 14.4 Å². The zero-order chi connectivity index (χ0) is 21.3. The molecule has 0 radical (unpaired) electrons. The number of piperazine rings is 1. The SMILES string of the molecule is CCOC(=O)N1CCN(C2=NC3C(C(=O)NC(=O)N3C)N2Cc2ccccc2)CC1. The van der Waals surface area contributed by atoms with Crippen LogP contribution in [0.1, 0.15) is 12.5 Å². The predicted octanol–water partition coefficient (Wildman–Crippen LogP) is 0.509. The highest BCUT2D eigenvalue weighted by molar-refractivity contribution is 6.03. The summed E-state index contributed by atoms with van der Waals surface area (Å²) in [5.41, 5.74) is 1.04. The van der Waals surface area contributed by atoms with Crippen molar-refractivity contribution in [1.82, 2.24) is 24.9 Å². The van der Waals surface area contributed by atoms with Crippen LogP contribution in [0.5, 0.6) is 0 Å². The number of imide groups is 1. The molecule has 0 spiro atoms. The van der Waals surface area contributed by atoms with Crippen molar-refractivity contribution in [3.05, 3.63) is 35.9 Å². The van der Waals surface area contributed by atoms with Gasteiger partial charge in [-0.05, 0) is 12.5 Å². The highest BCUT2D eigenvalue weighted by atomic mass is 16.6. The Morgan fingerprint density at radius 2 is 1.87 bits per heavy atom. The van der Waals surface area contributed by atoms with Gasteiger partial charge < -0.3 is 24.3 Å². The van der Waals surface area contributed by atoms with E-state index in [2.05, 4.69) is 10.2 Å². The Morgan fingerprint density at radius 3 is 2.53 bits per heavy atom. The summed E-state index contributed by atoms with van der Waals surface area (Å²) in [7, 11) is 1.64. The normalized spacial score (nSPS) is 23.9. The molecule has 2 atom stereocenters. The summed E-state index contributed by atoms with van der Waals surface area (Å²) < 4.78 is 5.09. The van der Waals surface area contributed by atoms with Crippen LogP contribution in [0.15, 0.2) is 35.3 Å². The van der Waals surface area contributed by atoms with Crippen LogP contribution in [0.3, 0.4) is 0 Å². The fourth-order valence-electron chi connectivity index (χ4n) is 4.03. The number of urea groups is 1. The van der Waals surface area contributed by atoms with Gasteiger partial charge in [-0.25, -0.2) is 14.6 Å². The van der Waals surface area contributed by atoms with E-state index < -0.39 is 18.2 Å². The van der Waals surface area contributed by atoms with Crippen molar-refractivity contribution in [2.75, 3.05) is 39.8 Å². The molecule has 10 heteroatoms. The van der Waals surface area contributed by atoms with Gasteiger partial charge >= 0.3 is 12.1 Å². The fraction of sp³-hybridized carbons (Fsp3) is 0.500. The topological polar surface area (TPSA) is 97.8 Å². The Bertz CT molecular complexity index is 852. The number of hydrogen-bond donors (Lipinski definition) is 1. The lowest BCUT2D eigenvalue weighted by Crippen LogP contribution is -2.64. The molecule has 0 aliphatic carbocycles. The molecule has 30 heavy (non-hydrogen) atoms. The number of guanidine groups is 1. The third-order valence-corrected chi connectivity index (χ3v) is 5.62. The lowest BCUT2D eigenvalue weighted by atomic mass is 10.1. The summed E-state index contributed by atoms with van der Waals surface area (Å²) >= 11 is 0. The van der Waals surface area contributed by atoms with Crippen molar-refractivity contribution in [3.63, 3.8) is 0 Å². The maximum atomic E-state index is 12.7. The second-order valence-electron chi connectivity index (χ2n) is 7.48. The smallest absolute Gasteiger partial charge is 0.409 e. The largest absolute Gasteiger partial charge is 0.450 e. The lowest BCUT2D eigenvalue weighted by molar-refractivity contribution is -0.127. The van der Waals surface area contributed by atoms with Gasteiger partial charge in [0.1, 0.15) is 0 Å². The number of carbonyl (C=O) groups excluding carboxylic acids is 3. The summed E-state index contributed by atoms with van der Waals surface area (Å²) in [5, 5.41) is 2.42. The molecular formula is C20H26N6O4. The van der Waals surface area contributed by atoms with E-state index in [0.717, 1.165) is 5.56 Å². The van der Waals surface area contributed by atoms with Crippen LogP contribution >= 0.6 is 0 Å². The average Bonchev–Trinajstić information content (AvgIpc) is 3.13. The first-order valence-corrected chi connectivity index (χ1v) is 10.1. The van der Waals surface area contributed by atoms with Gasteiger partial charge in [0, 0.05) is 39.8 Å². The van der Waals surface area contributed by atoms with Crippen molar-refractivity contribution in [1.29, 1.82) is 0 Å². The van der Waals surface area contributed by atoms with Crippen LogP contribution in [0.25, 0.3) is 0 Å². The standard InChI is InChI=1S/C20H26N6O4/c1-3-30-20(29)25-11-9-24(10-12-25)18-21-16-15(17(27)22-19(28)23(16)2)26(18)13-14-7-5-4-6-8-14/h4-8,15-16H,3,9-13H2,1-2H3,(H,22,27,28). The minimum absolute atomic E-state index is 0.315. The monoisotopic (exact) mass is 414 g/mol. The van der Waals surface area contributed by atoms with Gasteiger partial charge in [-0.3, -0.25) is 10.1 Å². The zero-order valence-corrected chi connectivity index (χ0v) is 17.2. The van der Waals surface area contributed by atoms with Gasteiger partial charge in [-0.2, -0.15) is 0 Å². The van der Waals surface area contributed by atoms with Crippen LogP contribution < -0.4 is 5.32 Å². The molecule has 3 aliphatic heterocycles. The number of ether oxygens (including phenoxy) is 1. The molecule has 0 bridgehead atoms. The second kappa shape index (κ2) is 8.21. The Labute approximate surface area is 175 Å². The molecule has 2 saturated heterocycles. The highest BCUT2D eigenvalue weighted by Gasteiger charge is 2.49. The Hall–Kier alpha value is -3.30. The van der Waals surface area contributed by atoms with E-state index in [1.54, 1.807) is 18.9 Å². The molecule has 3 heterocycles. The van der Waals surface area contributed by atoms with Gasteiger partial charge in [0.15, 0.2) is 18.2 Å². The summed E-state index contributed by atoms with van der Waals surface area (Å²) in [6, 6.07) is 8.81. The minimum Gasteiger partial charge on any atom is -0.450 e. The molecule has 4 amide bonds. The summed E-state index contributed by atoms with van der Waals surface area (Å²) in [5.74, 6) is 0.331. The highest BCUT2D eigenvalue weighted by Crippen LogP contribution is 2.27. The molecule has 10 nitrogen and oxygen atoms in total. The average molecular weight is 414 g/mol. The molecule has 1 aromatic carbocycles. The number of nitrogens with one attached hydrogen (secondary N) is 1. The molecule has 3 aliphatic rings. The third kappa shape index (κ3) is 3.64. The summed E-state index contributed by atoms with van der Waals surface area (Å²) in [6.45, 7) is 4.78. The molecule has 0 aromatic heterocycles. The summed E-state index contributed by atoms with van der Waals surface area (Å²) in [6.07, 6.45) is -0.891. The molecule has 0 saturated carbocycles. The number of nitrogens with zero attached hydrogens (tertiary/aromatic N) is 5. The fourth-order valence-corrected chi connectivity index (χ4v) is 4.03. The number of benzene rings is 1. The van der Waals surface area contributed by atoms with Crippen molar-refractivity contribution in [2.45, 2.75) is 25.7 Å². The molecule has 4 rings (SSSR count). The van der Waals surface area contributed by atoms with Gasteiger partial charge in [-0.15, -0.1) is 0 Å². The number of amides is 4. The van der Waals surface area contributed by atoms with Crippen LogP contribution in [-0.2, 0) is 16.1 Å². The van der Waals surface area contributed by atoms with Crippen LogP contribution in [0.2, 0.25) is 0 Å². The minimum atomic E-state index is -0.592. The molecule has 160 valence electrons. The lowest BCUT2D eigenvalue weighted by Gasteiger charge is -2.40. The number of likely N-dealkylation sites (N-methyl/N-ethyl adjacent to an activating group) is 1. The van der Waals surface area contributed by atoms with E-state index in [-0.39, 0.29) is 12.0 Å². The first kappa shape index (κ1) is 20.0. The van der Waals surface area contributed by atoms with Gasteiger partial charge in [-0.1, -0.05) is 30.3 Å². The van der Waals surface area contributed by atoms with Crippen molar-refractivity contribution in [3.8, 4) is 0 Å². The van der Waals surface area contributed by atoms with Crippen LogP contribution in [-0.4, -0.2) is 95.6 Å². The number of rotatable bonds is 3. The number of hydrogen-bond acceptors (Lipinski definition) is 7. The maximum Gasteiger partial charge on any atom is 0.409 e. The van der Waals surface area contributed by atoms with Crippen LogP contribution in [0, 0.1) is 0 Å². The van der Waals surface area contributed by atoms with Gasteiger partial charge in [0.25, 0.3) is 5.91 Å². The molecule has 1 N–H and O–H groups in total. The quantitative estimate of drug-likeness (QED) is 0.774. The van der Waals surface area contributed by atoms with E-state index in [0.29, 0.717) is 45.3 Å². The molecular weight excluding hydrogens is 388 g/mol. The van der Waals surface area contributed by atoms with Crippen molar-refractivity contribution < 1.29 is 19.1 Å². The Morgan fingerprint density at radius 1 is 1.17 bits per heavy atom. The van der Waals surface area contributed by atoms with Crippen LogP contribution in [0.4, 0.5) is 9.59 Å². The summed E-state index contributed by atoms with van der Waals surface area (Å²) in [4.78, 5) is 48.8.